The van der Waals surface area contributed by atoms with Gasteiger partial charge < -0.3 is 5.01 Å². The second-order valence-corrected chi connectivity index (χ2v) is 3.41. The van der Waals surface area contributed by atoms with E-state index in [0.717, 1.165) is 0 Å². The quantitative estimate of drug-likeness (QED) is 0.463. The standard InChI is InChI=1S/C9H11ClFN3O/c1-14(2)12-9(13-15)8-6(10)4-3-5-7(8)11/h3-5,15H,1-2H3,(H,12,13). The van der Waals surface area contributed by atoms with E-state index in [9.17, 15) is 4.39 Å². The van der Waals surface area contributed by atoms with Gasteiger partial charge in [0, 0.05) is 14.1 Å². The zero-order chi connectivity index (χ0) is 11.4. The molecule has 82 valence electrons. The number of nitrogens with one attached hydrogen (secondary N) is 1. The minimum absolute atomic E-state index is 0.0374. The van der Waals surface area contributed by atoms with Crippen molar-refractivity contribution in [1.29, 1.82) is 0 Å². The van der Waals surface area contributed by atoms with Gasteiger partial charge in [0.05, 0.1) is 10.6 Å². The molecule has 0 aromatic heterocycles. The van der Waals surface area contributed by atoms with Gasteiger partial charge >= 0.3 is 0 Å². The van der Waals surface area contributed by atoms with Gasteiger partial charge in [-0.1, -0.05) is 17.7 Å². The van der Waals surface area contributed by atoms with Crippen LogP contribution in [0.2, 0.25) is 5.02 Å². The van der Waals surface area contributed by atoms with Crippen molar-refractivity contribution in [1.82, 2.24) is 10.5 Å². The maximum Gasteiger partial charge on any atom is 0.181 e. The lowest BCUT2D eigenvalue weighted by Crippen LogP contribution is -2.25. The van der Waals surface area contributed by atoms with Crippen LogP contribution in [0.3, 0.4) is 0 Å². The van der Waals surface area contributed by atoms with Crippen molar-refractivity contribution in [3.63, 3.8) is 0 Å². The first-order chi connectivity index (χ1) is 7.06. The number of benzene rings is 1. The molecule has 0 aliphatic heterocycles. The lowest BCUT2D eigenvalue weighted by Gasteiger charge is -2.11. The molecule has 0 radical (unpaired) electrons. The highest BCUT2D eigenvalue weighted by Gasteiger charge is 2.13. The Morgan fingerprint density at radius 1 is 1.53 bits per heavy atom. The van der Waals surface area contributed by atoms with Gasteiger partial charge in [0.15, 0.2) is 5.84 Å². The monoisotopic (exact) mass is 231 g/mol. The van der Waals surface area contributed by atoms with Gasteiger partial charge in [0.2, 0.25) is 0 Å². The maximum absolute atomic E-state index is 13.4. The van der Waals surface area contributed by atoms with Gasteiger partial charge in [-0.3, -0.25) is 10.7 Å². The zero-order valence-electron chi connectivity index (χ0n) is 8.33. The van der Waals surface area contributed by atoms with Crippen LogP contribution in [0, 0.1) is 5.82 Å². The van der Waals surface area contributed by atoms with E-state index in [1.54, 1.807) is 14.1 Å². The number of hydrogen-bond donors (Lipinski definition) is 2. The van der Waals surface area contributed by atoms with Crippen LogP contribution in [-0.4, -0.2) is 30.1 Å². The number of rotatable bonds is 2. The second-order valence-electron chi connectivity index (χ2n) is 3.00. The van der Waals surface area contributed by atoms with Gasteiger partial charge in [-0.05, 0) is 12.1 Å². The molecule has 0 aliphatic rings. The third-order valence-electron chi connectivity index (χ3n) is 1.61. The number of hydrogen-bond acceptors (Lipinski definition) is 3. The lowest BCUT2D eigenvalue weighted by molar-refractivity contribution is 0.231. The fourth-order valence-corrected chi connectivity index (χ4v) is 1.30. The Bertz CT molecular complexity index is 361. The molecule has 0 amide bonds. The average molecular weight is 232 g/mol. The fraction of sp³-hybridized carbons (Fsp3) is 0.222. The Kier molecular flexibility index (Phi) is 3.88. The molecule has 1 aromatic carbocycles. The van der Waals surface area contributed by atoms with E-state index in [0.29, 0.717) is 0 Å². The predicted octanol–water partition coefficient (Wildman–Crippen LogP) is 1.68. The zero-order valence-corrected chi connectivity index (χ0v) is 9.09. The van der Waals surface area contributed by atoms with Crippen LogP contribution in [0.1, 0.15) is 5.56 Å². The van der Waals surface area contributed by atoms with Crippen LogP contribution < -0.4 is 5.48 Å². The number of hydrazone groups is 1. The minimum atomic E-state index is -0.551. The third kappa shape index (κ3) is 2.81. The summed E-state index contributed by atoms with van der Waals surface area (Å²) in [5, 5.41) is 14.3. The highest BCUT2D eigenvalue weighted by molar-refractivity contribution is 6.34. The second kappa shape index (κ2) is 4.95. The smallest absolute Gasteiger partial charge is 0.181 e. The molecule has 0 unspecified atom stereocenters. The van der Waals surface area contributed by atoms with Crippen LogP contribution in [0.5, 0.6) is 0 Å². The molecule has 0 atom stereocenters. The molecule has 0 fully saturated rings. The first kappa shape index (κ1) is 11.7. The normalized spacial score (nSPS) is 11.4. The molecule has 0 spiro atoms. The summed E-state index contributed by atoms with van der Waals surface area (Å²) in [5.74, 6) is -0.590. The summed E-state index contributed by atoms with van der Waals surface area (Å²) in [6.45, 7) is 0. The van der Waals surface area contributed by atoms with Crippen LogP contribution >= 0.6 is 11.6 Å². The van der Waals surface area contributed by atoms with Gasteiger partial charge in [-0.15, -0.1) is 0 Å². The average Bonchev–Trinajstić information content (AvgIpc) is 2.15. The van der Waals surface area contributed by atoms with E-state index in [1.807, 2.05) is 5.48 Å². The number of halogens is 2. The highest BCUT2D eigenvalue weighted by Crippen LogP contribution is 2.19. The lowest BCUT2D eigenvalue weighted by atomic mass is 10.2. The van der Waals surface area contributed by atoms with Crippen molar-refractivity contribution in [2.45, 2.75) is 0 Å². The molecule has 6 heteroatoms. The molecule has 0 saturated carbocycles. The van der Waals surface area contributed by atoms with E-state index in [-0.39, 0.29) is 16.4 Å². The van der Waals surface area contributed by atoms with E-state index in [1.165, 1.54) is 23.2 Å². The molecule has 15 heavy (non-hydrogen) atoms. The predicted molar refractivity (Wildman–Crippen MR) is 56.6 cm³/mol. The molecule has 2 N–H and O–H groups in total. The number of hydroxylamine groups is 1. The van der Waals surface area contributed by atoms with Crippen LogP contribution in [0.15, 0.2) is 23.3 Å². The van der Waals surface area contributed by atoms with Crippen LogP contribution in [0.4, 0.5) is 4.39 Å². The first-order valence-electron chi connectivity index (χ1n) is 4.16. The summed E-state index contributed by atoms with van der Waals surface area (Å²) in [5.41, 5.74) is 1.85. The third-order valence-corrected chi connectivity index (χ3v) is 1.92. The van der Waals surface area contributed by atoms with Crippen molar-refractivity contribution >= 4 is 17.4 Å². The van der Waals surface area contributed by atoms with Crippen molar-refractivity contribution in [3.8, 4) is 0 Å². The molecule has 1 aromatic rings. The summed E-state index contributed by atoms with van der Waals surface area (Å²) in [6, 6.07) is 4.23. The van der Waals surface area contributed by atoms with Crippen molar-refractivity contribution in [2.24, 2.45) is 5.10 Å². The van der Waals surface area contributed by atoms with Gasteiger partial charge in [0.1, 0.15) is 5.82 Å². The molecule has 1 rings (SSSR count). The SMILES string of the molecule is CN(C)/N=C(\NO)c1c(F)cccc1Cl. The Morgan fingerprint density at radius 3 is 2.67 bits per heavy atom. The maximum atomic E-state index is 13.4. The van der Waals surface area contributed by atoms with Crippen LogP contribution in [0.25, 0.3) is 0 Å². The molecule has 0 aliphatic carbocycles. The Morgan fingerprint density at radius 2 is 2.20 bits per heavy atom. The van der Waals surface area contributed by atoms with Crippen molar-refractivity contribution < 1.29 is 9.60 Å². The number of nitrogens with zero attached hydrogens (tertiary/aromatic N) is 2. The molecule has 0 bridgehead atoms. The highest BCUT2D eigenvalue weighted by atomic mass is 35.5. The van der Waals surface area contributed by atoms with Gasteiger partial charge in [-0.25, -0.2) is 4.39 Å². The Hall–Kier alpha value is -1.33. The van der Waals surface area contributed by atoms with E-state index >= 15 is 0 Å². The Labute approximate surface area is 91.9 Å². The topological polar surface area (TPSA) is 47.9 Å². The van der Waals surface area contributed by atoms with E-state index < -0.39 is 5.82 Å². The molecule has 0 heterocycles. The van der Waals surface area contributed by atoms with Gasteiger partial charge in [0.25, 0.3) is 0 Å². The van der Waals surface area contributed by atoms with Crippen molar-refractivity contribution in [3.05, 3.63) is 34.6 Å². The summed E-state index contributed by atoms with van der Waals surface area (Å²) in [6.07, 6.45) is 0. The summed E-state index contributed by atoms with van der Waals surface area (Å²) in [4.78, 5) is 0. The largest absolute Gasteiger partial charge is 0.301 e. The van der Waals surface area contributed by atoms with E-state index in [4.69, 9.17) is 16.8 Å². The molecular formula is C9H11ClFN3O. The summed E-state index contributed by atoms with van der Waals surface area (Å²) < 4.78 is 13.4. The Balaban J connectivity index is 3.24. The number of amidine groups is 1. The van der Waals surface area contributed by atoms with Crippen molar-refractivity contribution in [2.75, 3.05) is 14.1 Å². The molecule has 4 nitrogen and oxygen atoms in total. The molecular weight excluding hydrogens is 221 g/mol. The minimum Gasteiger partial charge on any atom is -0.301 e. The molecule has 0 saturated heterocycles. The van der Waals surface area contributed by atoms with Gasteiger partial charge in [-0.2, -0.15) is 5.10 Å². The summed E-state index contributed by atoms with van der Waals surface area (Å²) in [7, 11) is 3.29. The summed E-state index contributed by atoms with van der Waals surface area (Å²) >= 11 is 5.80. The van der Waals surface area contributed by atoms with E-state index in [2.05, 4.69) is 5.10 Å². The fourth-order valence-electron chi connectivity index (χ4n) is 1.05. The first-order valence-corrected chi connectivity index (χ1v) is 4.54. The van der Waals surface area contributed by atoms with Crippen LogP contribution in [-0.2, 0) is 0 Å².